The van der Waals surface area contributed by atoms with E-state index in [2.05, 4.69) is 51.5 Å². The Balaban J connectivity index is 0.000000616. The van der Waals surface area contributed by atoms with E-state index < -0.39 is 0 Å². The van der Waals surface area contributed by atoms with Gasteiger partial charge in [0.05, 0.1) is 37.1 Å². The van der Waals surface area contributed by atoms with E-state index in [4.69, 9.17) is 14.5 Å². The summed E-state index contributed by atoms with van der Waals surface area (Å²) in [5.41, 5.74) is 3.95. The van der Waals surface area contributed by atoms with Crippen LogP contribution in [0.1, 0.15) is 38.4 Å². The van der Waals surface area contributed by atoms with Crippen LogP contribution >= 0.6 is 0 Å². The molecule has 1 saturated carbocycles. The third kappa shape index (κ3) is 5.85. The molecule has 0 amide bonds. The molecule has 2 aromatic carbocycles. The van der Waals surface area contributed by atoms with Crippen molar-refractivity contribution < 1.29 is 10.9 Å². The molecule has 4 aromatic rings. The van der Waals surface area contributed by atoms with Crippen LogP contribution < -0.4 is 19.7 Å². The van der Waals surface area contributed by atoms with Crippen LogP contribution in [-0.4, -0.2) is 46.3 Å². The molecule has 1 fully saturated rings. The van der Waals surface area contributed by atoms with Crippen molar-refractivity contribution in [2.75, 3.05) is 31.0 Å². The molecule has 1 unspecified atom stereocenters. The van der Waals surface area contributed by atoms with Gasteiger partial charge in [-0.1, -0.05) is 56.0 Å². The zero-order valence-electron chi connectivity index (χ0n) is 21.7. The number of ether oxygens (including phenoxy) is 2. The molecule has 0 bridgehead atoms. The Morgan fingerprint density at radius 1 is 1.08 bits per heavy atom. The fourth-order valence-electron chi connectivity index (χ4n) is 4.23. The number of nitrogens with zero attached hydrogens (tertiary/aromatic N) is 5. The molecule has 0 spiro atoms. The van der Waals surface area contributed by atoms with E-state index in [1.807, 2.05) is 42.0 Å². The number of fused-ring (bicyclic) bond motifs is 1. The van der Waals surface area contributed by atoms with Crippen molar-refractivity contribution >= 4 is 17.5 Å². The van der Waals surface area contributed by atoms with Gasteiger partial charge in [-0.25, -0.2) is 9.97 Å². The number of anilines is 3. The Morgan fingerprint density at radius 2 is 1.86 bits per heavy atom. The standard InChI is InChI=1S/C25H26N6O2.C4H8.H2/c1-17-14-31(16-27-17)21-10-9-19(12-22(21)32-3)28-25-26-13-23-24(29-25)30(2)20(15-33-23)11-18-7-5-4-6-8-18;1-2-4-3-1;/h4-10,12-14,16,20H,11,15H2,1-3H3,(H,26,28,29);1-4H2;1H. The van der Waals surface area contributed by atoms with Crippen molar-refractivity contribution in [1.82, 2.24) is 19.5 Å². The van der Waals surface area contributed by atoms with Crippen molar-refractivity contribution in [3.05, 3.63) is 78.5 Å². The van der Waals surface area contributed by atoms with Crippen LogP contribution in [0.25, 0.3) is 5.69 Å². The largest absolute Gasteiger partial charge is 0.494 e. The van der Waals surface area contributed by atoms with Crippen molar-refractivity contribution in [2.24, 2.45) is 0 Å². The molecular formula is C29H36N6O2. The van der Waals surface area contributed by atoms with Crippen LogP contribution in [0.2, 0.25) is 0 Å². The van der Waals surface area contributed by atoms with Crippen LogP contribution in [0.5, 0.6) is 11.5 Å². The maximum atomic E-state index is 5.96. The van der Waals surface area contributed by atoms with Crippen molar-refractivity contribution in [1.29, 1.82) is 0 Å². The second-order valence-corrected chi connectivity index (χ2v) is 9.50. The molecule has 3 heterocycles. The molecule has 1 aliphatic heterocycles. The van der Waals surface area contributed by atoms with Gasteiger partial charge >= 0.3 is 0 Å². The average molecular weight is 501 g/mol. The summed E-state index contributed by atoms with van der Waals surface area (Å²) in [5, 5.41) is 3.29. The van der Waals surface area contributed by atoms with Crippen molar-refractivity contribution in [2.45, 2.75) is 45.1 Å². The number of imidazole rings is 1. The summed E-state index contributed by atoms with van der Waals surface area (Å²) < 4.78 is 13.5. The third-order valence-electron chi connectivity index (χ3n) is 6.79. The summed E-state index contributed by atoms with van der Waals surface area (Å²) in [7, 11) is 3.71. The number of aromatic nitrogens is 4. The zero-order valence-corrected chi connectivity index (χ0v) is 21.7. The highest BCUT2D eigenvalue weighted by Gasteiger charge is 2.27. The molecule has 1 atom stereocenters. The molecule has 2 aromatic heterocycles. The van der Waals surface area contributed by atoms with Crippen LogP contribution in [0, 0.1) is 6.92 Å². The Hall–Kier alpha value is -4.07. The monoisotopic (exact) mass is 500 g/mol. The maximum Gasteiger partial charge on any atom is 0.229 e. The summed E-state index contributed by atoms with van der Waals surface area (Å²) >= 11 is 0. The molecular weight excluding hydrogens is 464 g/mol. The van der Waals surface area contributed by atoms with Gasteiger partial charge in [-0.2, -0.15) is 4.98 Å². The minimum atomic E-state index is 0. The van der Waals surface area contributed by atoms with Gasteiger partial charge < -0.3 is 24.3 Å². The lowest BCUT2D eigenvalue weighted by atomic mass is 10.0. The number of hydrogen-bond acceptors (Lipinski definition) is 7. The van der Waals surface area contributed by atoms with Crippen LogP contribution in [0.15, 0.2) is 67.3 Å². The van der Waals surface area contributed by atoms with E-state index in [-0.39, 0.29) is 7.47 Å². The van der Waals surface area contributed by atoms with Crippen LogP contribution in [0.4, 0.5) is 17.5 Å². The topological polar surface area (TPSA) is 77.3 Å². The second kappa shape index (κ2) is 11.3. The average Bonchev–Trinajstić information content (AvgIpc) is 3.31. The number of nitrogens with one attached hydrogen (secondary N) is 1. The van der Waals surface area contributed by atoms with E-state index >= 15 is 0 Å². The number of methoxy groups -OCH3 is 1. The van der Waals surface area contributed by atoms with Crippen LogP contribution in [0.3, 0.4) is 0 Å². The summed E-state index contributed by atoms with van der Waals surface area (Å²) in [6.07, 6.45) is 12.3. The summed E-state index contributed by atoms with van der Waals surface area (Å²) in [4.78, 5) is 15.6. The lowest BCUT2D eigenvalue weighted by Gasteiger charge is -2.34. The minimum Gasteiger partial charge on any atom is -0.494 e. The van der Waals surface area contributed by atoms with E-state index in [0.29, 0.717) is 18.3 Å². The van der Waals surface area contributed by atoms with E-state index in [9.17, 15) is 0 Å². The number of rotatable bonds is 6. The quantitative estimate of drug-likeness (QED) is 0.349. The number of hydrogen-bond donors (Lipinski definition) is 1. The number of likely N-dealkylation sites (N-methyl/N-ethyl adjacent to an activating group) is 1. The van der Waals surface area contributed by atoms with E-state index in [1.54, 1.807) is 19.6 Å². The SMILES string of the molecule is C1CCC1.COc1cc(Nc2ncc3c(n2)N(C)C(Cc2ccccc2)CO3)ccc1-n1cnc(C)c1.[HH]. The van der Waals surface area contributed by atoms with Gasteiger partial charge in [0.25, 0.3) is 0 Å². The molecule has 1 aliphatic carbocycles. The maximum absolute atomic E-state index is 5.96. The van der Waals surface area contributed by atoms with Gasteiger partial charge in [-0.3, -0.25) is 0 Å². The first-order chi connectivity index (χ1) is 18.1. The lowest BCUT2D eigenvalue weighted by molar-refractivity contribution is 0.262. The van der Waals surface area contributed by atoms with Gasteiger partial charge in [0.2, 0.25) is 5.95 Å². The second-order valence-electron chi connectivity index (χ2n) is 9.50. The van der Waals surface area contributed by atoms with Gasteiger partial charge in [-0.15, -0.1) is 0 Å². The Morgan fingerprint density at radius 3 is 2.54 bits per heavy atom. The number of aryl methyl sites for hydroxylation is 1. The Bertz CT molecular complexity index is 1320. The first-order valence-corrected chi connectivity index (χ1v) is 12.8. The van der Waals surface area contributed by atoms with E-state index in [1.165, 1.54) is 31.2 Å². The Kier molecular flexibility index (Phi) is 7.54. The van der Waals surface area contributed by atoms with Gasteiger partial charge in [0, 0.05) is 26.4 Å². The minimum absolute atomic E-state index is 0. The summed E-state index contributed by atoms with van der Waals surface area (Å²) in [6, 6.07) is 16.5. The van der Waals surface area contributed by atoms with Crippen molar-refractivity contribution in [3.8, 4) is 17.2 Å². The molecule has 37 heavy (non-hydrogen) atoms. The molecule has 8 nitrogen and oxygen atoms in total. The summed E-state index contributed by atoms with van der Waals surface area (Å²) in [6.45, 7) is 2.55. The highest BCUT2D eigenvalue weighted by molar-refractivity contribution is 5.64. The zero-order chi connectivity index (χ0) is 25.6. The first kappa shape index (κ1) is 24.6. The van der Waals surface area contributed by atoms with Gasteiger partial charge in [-0.05, 0) is 31.0 Å². The number of benzene rings is 2. The molecule has 194 valence electrons. The van der Waals surface area contributed by atoms with Crippen LogP contribution in [-0.2, 0) is 6.42 Å². The van der Waals surface area contributed by atoms with Crippen molar-refractivity contribution in [3.63, 3.8) is 0 Å². The Labute approximate surface area is 219 Å². The predicted molar refractivity (Wildman–Crippen MR) is 149 cm³/mol. The third-order valence-corrected chi connectivity index (χ3v) is 6.79. The summed E-state index contributed by atoms with van der Waals surface area (Å²) in [5.74, 6) is 2.68. The van der Waals surface area contributed by atoms with E-state index in [0.717, 1.165) is 35.1 Å². The fourth-order valence-corrected chi connectivity index (χ4v) is 4.23. The molecule has 2 aliphatic rings. The molecule has 8 heteroatoms. The molecule has 0 radical (unpaired) electrons. The lowest BCUT2D eigenvalue weighted by Crippen LogP contribution is -2.42. The van der Waals surface area contributed by atoms with Gasteiger partial charge in [0.15, 0.2) is 11.6 Å². The normalized spacial score (nSPS) is 16.0. The smallest absolute Gasteiger partial charge is 0.229 e. The van der Waals surface area contributed by atoms with Gasteiger partial charge in [0.1, 0.15) is 12.4 Å². The highest BCUT2D eigenvalue weighted by Crippen LogP contribution is 2.33. The first-order valence-electron chi connectivity index (χ1n) is 12.8. The predicted octanol–water partition coefficient (Wildman–Crippen LogP) is 5.97. The fraction of sp³-hybridized carbons (Fsp3) is 0.345. The molecule has 6 rings (SSSR count). The molecule has 0 saturated heterocycles. The highest BCUT2D eigenvalue weighted by atomic mass is 16.5. The molecule has 1 N–H and O–H groups in total.